The van der Waals surface area contributed by atoms with Crippen molar-refractivity contribution in [1.29, 1.82) is 0 Å². The summed E-state index contributed by atoms with van der Waals surface area (Å²) in [5.74, 6) is -0.499. The lowest BCUT2D eigenvalue weighted by Crippen LogP contribution is -2.60. The van der Waals surface area contributed by atoms with Gasteiger partial charge in [0.25, 0.3) is 5.91 Å². The smallest absolute Gasteiger partial charge is 0.269 e. The molecule has 2 rings (SSSR count). The van der Waals surface area contributed by atoms with Gasteiger partial charge in [-0.2, -0.15) is 0 Å². The number of carbonyl (C=O) groups excluding carboxylic acids is 1. The van der Waals surface area contributed by atoms with Crippen LogP contribution in [0.3, 0.4) is 0 Å². The number of aromatic nitrogens is 1. The van der Waals surface area contributed by atoms with Crippen molar-refractivity contribution in [2.24, 2.45) is 5.73 Å². The predicted octanol–water partition coefficient (Wildman–Crippen LogP) is 1.90. The maximum absolute atomic E-state index is 11.4. The molecule has 1 aromatic heterocycles. The molecule has 1 aliphatic rings. The van der Waals surface area contributed by atoms with E-state index in [1.54, 1.807) is 6.20 Å². The summed E-state index contributed by atoms with van der Waals surface area (Å²) in [4.78, 5) is 15.5. The highest BCUT2D eigenvalue weighted by atomic mass is 16.1. The Bertz CT molecular complexity index is 494. The Morgan fingerprint density at radius 2 is 1.95 bits per heavy atom. The minimum Gasteiger partial charge on any atom is -0.380 e. The molecule has 4 N–H and O–H groups in total. The van der Waals surface area contributed by atoms with E-state index in [1.165, 1.54) is 0 Å². The van der Waals surface area contributed by atoms with Crippen LogP contribution in [-0.2, 0) is 0 Å². The Kier molecular flexibility index (Phi) is 3.73. The number of hydrogen-bond donors (Lipinski definition) is 3. The van der Waals surface area contributed by atoms with Gasteiger partial charge in [0.2, 0.25) is 0 Å². The third kappa shape index (κ3) is 3.48. The van der Waals surface area contributed by atoms with Crippen LogP contribution in [0.25, 0.3) is 0 Å². The second-order valence-electron chi connectivity index (χ2n) is 6.91. The summed E-state index contributed by atoms with van der Waals surface area (Å²) in [6, 6.07) is 3.95. The fourth-order valence-electron chi connectivity index (χ4n) is 3.36. The number of nitrogens with two attached hydrogens (primary N) is 1. The quantitative estimate of drug-likeness (QED) is 0.787. The molecule has 1 saturated heterocycles. The SMILES string of the molecule is CC1(C)CC(Nc2cccnc2C(N)=O)CC(C)(C)N1. The highest BCUT2D eigenvalue weighted by Gasteiger charge is 2.37. The average molecular weight is 276 g/mol. The predicted molar refractivity (Wildman–Crippen MR) is 80.7 cm³/mol. The number of hydrogen-bond acceptors (Lipinski definition) is 4. The molecular formula is C15H24N4O. The van der Waals surface area contributed by atoms with Crippen LogP contribution in [-0.4, -0.2) is 28.0 Å². The van der Waals surface area contributed by atoms with E-state index in [4.69, 9.17) is 5.73 Å². The number of primary amides is 1. The lowest BCUT2D eigenvalue weighted by atomic mass is 9.79. The van der Waals surface area contributed by atoms with Gasteiger partial charge in [-0.05, 0) is 52.7 Å². The lowest BCUT2D eigenvalue weighted by molar-refractivity contribution is 0.0996. The van der Waals surface area contributed by atoms with Crippen LogP contribution >= 0.6 is 0 Å². The number of pyridine rings is 1. The van der Waals surface area contributed by atoms with Gasteiger partial charge in [-0.1, -0.05) is 0 Å². The molecule has 0 atom stereocenters. The highest BCUT2D eigenvalue weighted by molar-refractivity contribution is 5.96. The number of piperidine rings is 1. The molecular weight excluding hydrogens is 252 g/mol. The number of carbonyl (C=O) groups is 1. The van der Waals surface area contributed by atoms with E-state index in [1.807, 2.05) is 12.1 Å². The van der Waals surface area contributed by atoms with Crippen LogP contribution in [0.15, 0.2) is 18.3 Å². The van der Waals surface area contributed by atoms with Crippen LogP contribution in [0.4, 0.5) is 5.69 Å². The van der Waals surface area contributed by atoms with Gasteiger partial charge in [0, 0.05) is 23.3 Å². The van der Waals surface area contributed by atoms with Gasteiger partial charge in [0.1, 0.15) is 0 Å². The average Bonchev–Trinajstić information content (AvgIpc) is 2.24. The first-order valence-electron chi connectivity index (χ1n) is 6.99. The molecule has 1 fully saturated rings. The molecule has 0 saturated carbocycles. The molecule has 2 heterocycles. The first-order valence-corrected chi connectivity index (χ1v) is 6.99. The second-order valence-corrected chi connectivity index (χ2v) is 6.91. The summed E-state index contributed by atoms with van der Waals surface area (Å²) < 4.78 is 0. The van der Waals surface area contributed by atoms with Crippen molar-refractivity contribution in [3.63, 3.8) is 0 Å². The Morgan fingerprint density at radius 1 is 1.35 bits per heavy atom. The Labute approximate surface area is 120 Å². The third-order valence-electron chi connectivity index (χ3n) is 3.59. The molecule has 0 aliphatic carbocycles. The van der Waals surface area contributed by atoms with Gasteiger partial charge < -0.3 is 16.4 Å². The van der Waals surface area contributed by atoms with Crippen molar-refractivity contribution in [3.05, 3.63) is 24.0 Å². The van der Waals surface area contributed by atoms with Gasteiger partial charge in [-0.25, -0.2) is 4.98 Å². The zero-order valence-electron chi connectivity index (χ0n) is 12.7. The molecule has 1 amide bonds. The molecule has 1 aliphatic heterocycles. The summed E-state index contributed by atoms with van der Waals surface area (Å²) in [6.45, 7) is 8.78. The van der Waals surface area contributed by atoms with E-state index < -0.39 is 5.91 Å². The second kappa shape index (κ2) is 5.05. The van der Waals surface area contributed by atoms with Gasteiger partial charge in [-0.3, -0.25) is 4.79 Å². The summed E-state index contributed by atoms with van der Waals surface area (Å²) in [5.41, 5.74) is 6.50. The minimum atomic E-state index is -0.499. The first-order chi connectivity index (χ1) is 9.19. The topological polar surface area (TPSA) is 80.0 Å². The minimum absolute atomic E-state index is 0.0501. The molecule has 20 heavy (non-hydrogen) atoms. The Balaban J connectivity index is 2.20. The molecule has 0 bridgehead atoms. The molecule has 110 valence electrons. The number of nitrogens with zero attached hydrogens (tertiary/aromatic N) is 1. The van der Waals surface area contributed by atoms with Gasteiger partial charge in [0.05, 0.1) is 5.69 Å². The lowest BCUT2D eigenvalue weighted by Gasteiger charge is -2.47. The van der Waals surface area contributed by atoms with E-state index in [-0.39, 0.29) is 17.1 Å². The number of nitrogens with one attached hydrogen (secondary N) is 2. The summed E-state index contributed by atoms with van der Waals surface area (Å²) in [7, 11) is 0. The third-order valence-corrected chi connectivity index (χ3v) is 3.59. The molecule has 0 spiro atoms. The highest BCUT2D eigenvalue weighted by Crippen LogP contribution is 2.30. The fourth-order valence-corrected chi connectivity index (χ4v) is 3.36. The molecule has 0 unspecified atom stereocenters. The molecule has 1 aromatic rings. The summed E-state index contributed by atoms with van der Waals surface area (Å²) >= 11 is 0. The van der Waals surface area contributed by atoms with Crippen LogP contribution in [0.2, 0.25) is 0 Å². The van der Waals surface area contributed by atoms with Crippen molar-refractivity contribution < 1.29 is 4.79 Å². The van der Waals surface area contributed by atoms with Crippen molar-refractivity contribution in [2.45, 2.75) is 57.7 Å². The van der Waals surface area contributed by atoms with E-state index in [0.717, 1.165) is 18.5 Å². The van der Waals surface area contributed by atoms with Crippen molar-refractivity contribution in [2.75, 3.05) is 5.32 Å². The number of anilines is 1. The molecule has 0 radical (unpaired) electrons. The van der Waals surface area contributed by atoms with Crippen molar-refractivity contribution in [1.82, 2.24) is 10.3 Å². The molecule has 5 heteroatoms. The molecule has 5 nitrogen and oxygen atoms in total. The Morgan fingerprint density at radius 3 is 2.50 bits per heavy atom. The standard InChI is InChI=1S/C15H24N4O/c1-14(2)8-10(9-15(3,4)19-14)18-11-6-5-7-17-12(11)13(16)20/h5-7,10,18-19H,8-9H2,1-4H3,(H2,16,20). The normalized spacial score (nSPS) is 21.4. The van der Waals surface area contributed by atoms with Crippen molar-refractivity contribution in [3.8, 4) is 0 Å². The van der Waals surface area contributed by atoms with Crippen LogP contribution in [0, 0.1) is 0 Å². The molecule has 0 aromatic carbocycles. The Hall–Kier alpha value is -1.62. The number of rotatable bonds is 3. The van der Waals surface area contributed by atoms with E-state index in [0.29, 0.717) is 5.69 Å². The summed E-state index contributed by atoms with van der Waals surface area (Å²) in [5, 5.41) is 7.08. The largest absolute Gasteiger partial charge is 0.380 e. The van der Waals surface area contributed by atoms with E-state index >= 15 is 0 Å². The van der Waals surface area contributed by atoms with Crippen molar-refractivity contribution >= 4 is 11.6 Å². The van der Waals surface area contributed by atoms with E-state index in [2.05, 4.69) is 43.3 Å². The van der Waals surface area contributed by atoms with Gasteiger partial charge in [0.15, 0.2) is 5.69 Å². The fraction of sp³-hybridized carbons (Fsp3) is 0.600. The maximum atomic E-state index is 11.4. The zero-order valence-corrected chi connectivity index (χ0v) is 12.7. The van der Waals surface area contributed by atoms with Crippen LogP contribution in [0.1, 0.15) is 51.0 Å². The van der Waals surface area contributed by atoms with E-state index in [9.17, 15) is 4.79 Å². The van der Waals surface area contributed by atoms with Gasteiger partial charge in [-0.15, -0.1) is 0 Å². The number of amides is 1. The summed E-state index contributed by atoms with van der Waals surface area (Å²) in [6.07, 6.45) is 3.54. The van der Waals surface area contributed by atoms with Crippen LogP contribution in [0.5, 0.6) is 0 Å². The van der Waals surface area contributed by atoms with Crippen LogP contribution < -0.4 is 16.4 Å². The maximum Gasteiger partial charge on any atom is 0.269 e. The monoisotopic (exact) mass is 276 g/mol. The zero-order chi connectivity index (χ0) is 15.0. The van der Waals surface area contributed by atoms with Gasteiger partial charge >= 0.3 is 0 Å². The first kappa shape index (κ1) is 14.8.